The predicted octanol–water partition coefficient (Wildman–Crippen LogP) is 1.80. The van der Waals surface area contributed by atoms with E-state index in [1.165, 1.54) is 11.2 Å². The molecule has 0 fully saturated rings. The molecular formula is C19H21N3O4S. The minimum absolute atomic E-state index is 0.103. The molecule has 3 rings (SSSR count). The van der Waals surface area contributed by atoms with Gasteiger partial charge in [0.2, 0.25) is 0 Å². The number of aryl methyl sites for hydroxylation is 1. The Kier molecular flexibility index (Phi) is 5.03. The number of rotatable bonds is 5. The largest absolute Gasteiger partial charge is 0.395 e. The van der Waals surface area contributed by atoms with Crippen molar-refractivity contribution in [3.63, 3.8) is 0 Å². The monoisotopic (exact) mass is 387 g/mol. The Labute approximate surface area is 157 Å². The van der Waals surface area contributed by atoms with Gasteiger partial charge in [0, 0.05) is 31.1 Å². The van der Waals surface area contributed by atoms with Gasteiger partial charge in [0.25, 0.3) is 5.91 Å². The van der Waals surface area contributed by atoms with Crippen LogP contribution in [0.15, 0.2) is 47.4 Å². The molecule has 1 aromatic heterocycles. The third kappa shape index (κ3) is 3.72. The summed E-state index contributed by atoms with van der Waals surface area (Å²) in [4.78, 5) is 18.7. The minimum atomic E-state index is -3.27. The highest BCUT2D eigenvalue weighted by Crippen LogP contribution is 2.24. The van der Waals surface area contributed by atoms with Gasteiger partial charge in [-0.25, -0.2) is 13.4 Å². The van der Waals surface area contributed by atoms with Gasteiger partial charge < -0.3 is 10.0 Å². The summed E-state index contributed by atoms with van der Waals surface area (Å²) in [7, 11) is -1.64. The van der Waals surface area contributed by atoms with E-state index in [0.29, 0.717) is 5.56 Å². The standard InChI is InChI=1S/C19H21N3O4S/c1-13-20-17-9-4-14(19(24)21(2)10-11-23)12-18(17)22(13)15-5-7-16(8-6-15)27(3,25)26/h4-9,12,23H,10-11H2,1-3H3. The third-order valence-electron chi connectivity index (χ3n) is 4.37. The van der Waals surface area contributed by atoms with Gasteiger partial charge in [0.1, 0.15) is 5.82 Å². The highest BCUT2D eigenvalue weighted by molar-refractivity contribution is 7.90. The van der Waals surface area contributed by atoms with E-state index in [1.54, 1.807) is 49.5 Å². The third-order valence-corrected chi connectivity index (χ3v) is 5.50. The Morgan fingerprint density at radius 3 is 2.44 bits per heavy atom. The minimum Gasteiger partial charge on any atom is -0.395 e. The number of benzene rings is 2. The number of aromatic nitrogens is 2. The molecule has 7 nitrogen and oxygen atoms in total. The molecule has 1 heterocycles. The van der Waals surface area contributed by atoms with Gasteiger partial charge in [-0.05, 0) is 49.4 Å². The van der Waals surface area contributed by atoms with Crippen molar-refractivity contribution in [3.05, 3.63) is 53.9 Å². The van der Waals surface area contributed by atoms with Crippen LogP contribution in [0.4, 0.5) is 0 Å². The second kappa shape index (κ2) is 7.13. The second-order valence-corrected chi connectivity index (χ2v) is 8.43. The number of hydrogen-bond acceptors (Lipinski definition) is 5. The number of imidazole rings is 1. The molecular weight excluding hydrogens is 366 g/mol. The van der Waals surface area contributed by atoms with Crippen LogP contribution in [0.3, 0.4) is 0 Å². The van der Waals surface area contributed by atoms with Gasteiger partial charge >= 0.3 is 0 Å². The Morgan fingerprint density at radius 2 is 1.85 bits per heavy atom. The summed E-state index contributed by atoms with van der Waals surface area (Å²) in [5, 5.41) is 9.03. The number of carbonyl (C=O) groups excluding carboxylic acids is 1. The molecule has 0 radical (unpaired) electrons. The predicted molar refractivity (Wildman–Crippen MR) is 103 cm³/mol. The molecule has 0 spiro atoms. The number of aliphatic hydroxyl groups is 1. The molecule has 0 atom stereocenters. The zero-order valence-electron chi connectivity index (χ0n) is 15.4. The van der Waals surface area contributed by atoms with Crippen molar-refractivity contribution in [2.75, 3.05) is 26.5 Å². The van der Waals surface area contributed by atoms with Crippen molar-refractivity contribution in [1.29, 1.82) is 0 Å². The highest BCUT2D eigenvalue weighted by Gasteiger charge is 2.16. The highest BCUT2D eigenvalue weighted by atomic mass is 32.2. The fraction of sp³-hybridized carbons (Fsp3) is 0.263. The molecule has 142 valence electrons. The topological polar surface area (TPSA) is 92.5 Å². The number of carbonyl (C=O) groups is 1. The first-order chi connectivity index (χ1) is 12.7. The lowest BCUT2D eigenvalue weighted by Crippen LogP contribution is -2.29. The number of aliphatic hydroxyl groups excluding tert-OH is 1. The lowest BCUT2D eigenvalue weighted by Gasteiger charge is -2.16. The summed E-state index contributed by atoms with van der Waals surface area (Å²) < 4.78 is 25.2. The number of amides is 1. The lowest BCUT2D eigenvalue weighted by molar-refractivity contribution is 0.0767. The maximum atomic E-state index is 12.5. The number of hydrogen-bond donors (Lipinski definition) is 1. The fourth-order valence-corrected chi connectivity index (χ4v) is 3.60. The molecule has 0 aliphatic carbocycles. The molecule has 0 saturated carbocycles. The van der Waals surface area contributed by atoms with E-state index in [2.05, 4.69) is 4.98 Å². The zero-order chi connectivity index (χ0) is 19.8. The van der Waals surface area contributed by atoms with Gasteiger partial charge in [0.15, 0.2) is 9.84 Å². The van der Waals surface area contributed by atoms with Gasteiger partial charge in [-0.3, -0.25) is 9.36 Å². The van der Waals surface area contributed by atoms with E-state index in [-0.39, 0.29) is 24.0 Å². The molecule has 0 aliphatic heterocycles. The molecule has 2 aromatic carbocycles. The van der Waals surface area contributed by atoms with Gasteiger partial charge in [-0.2, -0.15) is 0 Å². The van der Waals surface area contributed by atoms with E-state index in [9.17, 15) is 13.2 Å². The molecule has 0 saturated heterocycles. The molecule has 8 heteroatoms. The van der Waals surface area contributed by atoms with Crippen LogP contribution in [0.5, 0.6) is 0 Å². The zero-order valence-corrected chi connectivity index (χ0v) is 16.2. The van der Waals surface area contributed by atoms with Crippen LogP contribution in [0.1, 0.15) is 16.2 Å². The van der Waals surface area contributed by atoms with Crippen LogP contribution in [0.25, 0.3) is 16.7 Å². The first-order valence-electron chi connectivity index (χ1n) is 8.38. The summed E-state index contributed by atoms with van der Waals surface area (Å²) in [6.07, 6.45) is 1.17. The normalized spacial score (nSPS) is 11.7. The molecule has 27 heavy (non-hydrogen) atoms. The van der Waals surface area contributed by atoms with Gasteiger partial charge in [0.05, 0.1) is 22.5 Å². The molecule has 0 unspecified atom stereocenters. The number of likely N-dealkylation sites (N-methyl/N-ethyl adjacent to an activating group) is 1. The van der Waals surface area contributed by atoms with Crippen molar-refractivity contribution in [3.8, 4) is 5.69 Å². The number of sulfone groups is 1. The maximum absolute atomic E-state index is 12.5. The second-order valence-electron chi connectivity index (χ2n) is 6.41. The van der Waals surface area contributed by atoms with Crippen LogP contribution < -0.4 is 0 Å². The van der Waals surface area contributed by atoms with Crippen molar-refractivity contribution in [2.45, 2.75) is 11.8 Å². The quantitative estimate of drug-likeness (QED) is 0.721. The first-order valence-corrected chi connectivity index (χ1v) is 10.3. The summed E-state index contributed by atoms with van der Waals surface area (Å²) in [5.74, 6) is 0.536. The lowest BCUT2D eigenvalue weighted by atomic mass is 10.1. The maximum Gasteiger partial charge on any atom is 0.253 e. The Morgan fingerprint density at radius 1 is 1.19 bits per heavy atom. The SMILES string of the molecule is Cc1nc2ccc(C(=O)N(C)CCO)cc2n1-c1ccc(S(C)(=O)=O)cc1. The number of fused-ring (bicyclic) bond motifs is 1. The van der Waals surface area contributed by atoms with E-state index in [0.717, 1.165) is 22.5 Å². The Balaban J connectivity index is 2.09. The van der Waals surface area contributed by atoms with E-state index in [4.69, 9.17) is 5.11 Å². The average molecular weight is 387 g/mol. The number of nitrogens with zero attached hydrogens (tertiary/aromatic N) is 3. The van der Waals surface area contributed by atoms with Gasteiger partial charge in [-0.1, -0.05) is 0 Å². The van der Waals surface area contributed by atoms with Gasteiger partial charge in [-0.15, -0.1) is 0 Å². The van der Waals surface area contributed by atoms with E-state index < -0.39 is 9.84 Å². The molecule has 3 aromatic rings. The molecule has 0 aliphatic rings. The summed E-state index contributed by atoms with van der Waals surface area (Å²) >= 11 is 0. The van der Waals surface area contributed by atoms with E-state index >= 15 is 0 Å². The smallest absolute Gasteiger partial charge is 0.253 e. The van der Waals surface area contributed by atoms with Crippen molar-refractivity contribution in [1.82, 2.24) is 14.5 Å². The first kappa shape index (κ1) is 19.1. The fourth-order valence-electron chi connectivity index (χ4n) is 2.97. The molecule has 1 N–H and O–H groups in total. The van der Waals surface area contributed by atoms with Crippen LogP contribution in [-0.2, 0) is 9.84 Å². The molecule has 0 bridgehead atoms. The Bertz CT molecular complexity index is 1100. The summed E-state index contributed by atoms with van der Waals surface area (Å²) in [6, 6.07) is 11.8. The molecule has 1 amide bonds. The average Bonchev–Trinajstić information content (AvgIpc) is 2.95. The van der Waals surface area contributed by atoms with Crippen molar-refractivity contribution >= 4 is 26.8 Å². The van der Waals surface area contributed by atoms with Crippen LogP contribution in [0, 0.1) is 6.92 Å². The van der Waals surface area contributed by atoms with Crippen LogP contribution in [0.2, 0.25) is 0 Å². The van der Waals surface area contributed by atoms with Crippen LogP contribution >= 0.6 is 0 Å². The van der Waals surface area contributed by atoms with Crippen LogP contribution in [-0.4, -0.2) is 60.3 Å². The van der Waals surface area contributed by atoms with Crippen molar-refractivity contribution < 1.29 is 18.3 Å². The van der Waals surface area contributed by atoms with E-state index in [1.807, 2.05) is 11.5 Å². The summed E-state index contributed by atoms with van der Waals surface area (Å²) in [6.45, 7) is 2.00. The summed E-state index contributed by atoms with van der Waals surface area (Å²) in [5.41, 5.74) is 2.74. The van der Waals surface area contributed by atoms with Crippen molar-refractivity contribution in [2.24, 2.45) is 0 Å². The Hall–Kier alpha value is -2.71.